The minimum absolute atomic E-state index is 1.43. The van der Waals surface area contributed by atoms with Crippen molar-refractivity contribution in [2.24, 2.45) is 0 Å². The smallest absolute Gasteiger partial charge is 0.294 e. The summed E-state index contributed by atoms with van der Waals surface area (Å²) in [5.41, 5.74) is 0. The summed E-state index contributed by atoms with van der Waals surface area (Å²) in [4.78, 5) is 71.5. The second-order valence-corrected chi connectivity index (χ2v) is 4.02. The molecular formula is C6H9N5O16. The fourth-order valence-electron chi connectivity index (χ4n) is 1.62. The van der Waals surface area contributed by atoms with Gasteiger partial charge in [-0.1, -0.05) is 0 Å². The van der Waals surface area contributed by atoms with E-state index in [0.29, 0.717) is 0 Å². The van der Waals surface area contributed by atoms with Crippen molar-refractivity contribution in [1.29, 1.82) is 0 Å². The normalized spacial score (nSPS) is 14.6. The summed E-state index contributed by atoms with van der Waals surface area (Å²) in [6.07, 6.45) is -10.0. The van der Waals surface area contributed by atoms with Crippen LogP contribution in [0.1, 0.15) is 0 Å². The van der Waals surface area contributed by atoms with Crippen molar-refractivity contribution in [2.45, 2.75) is 24.4 Å². The third kappa shape index (κ3) is 9.13. The maximum absolute atomic E-state index is 10.6. The Hall–Kier alpha value is -4.04. The van der Waals surface area contributed by atoms with Gasteiger partial charge in [-0.15, -0.1) is 50.6 Å². The molecule has 154 valence electrons. The zero-order valence-corrected chi connectivity index (χ0v) is 12.5. The van der Waals surface area contributed by atoms with E-state index in [2.05, 4.69) is 24.2 Å². The molecule has 0 aromatic heterocycles. The van der Waals surface area contributed by atoms with Crippen LogP contribution in [0.2, 0.25) is 0 Å². The Morgan fingerprint density at radius 2 is 1.00 bits per heavy atom. The van der Waals surface area contributed by atoms with E-state index in [4.69, 9.17) is 5.11 Å². The second kappa shape index (κ2) is 10.7. The van der Waals surface area contributed by atoms with Gasteiger partial charge in [0.15, 0.2) is 24.4 Å². The molecule has 0 spiro atoms. The number of nitrogens with zero attached hydrogens (tertiary/aromatic N) is 5. The fraction of sp³-hybridized carbons (Fsp3) is 1.00. The first kappa shape index (κ1) is 23.0. The summed E-state index contributed by atoms with van der Waals surface area (Å²) in [5.74, 6) is 0. The van der Waals surface area contributed by atoms with Crippen LogP contribution >= 0.6 is 0 Å². The van der Waals surface area contributed by atoms with Gasteiger partial charge in [0, 0.05) is 0 Å². The van der Waals surface area contributed by atoms with Crippen LogP contribution in [0.5, 0.6) is 0 Å². The van der Waals surface area contributed by atoms with Crippen LogP contribution in [0.25, 0.3) is 0 Å². The number of aliphatic hydroxyl groups is 1. The van der Waals surface area contributed by atoms with Gasteiger partial charge in [-0.3, -0.25) is 0 Å². The van der Waals surface area contributed by atoms with Gasteiger partial charge in [-0.05, 0) is 0 Å². The first-order chi connectivity index (χ1) is 12.5. The van der Waals surface area contributed by atoms with Crippen molar-refractivity contribution in [2.75, 3.05) is 13.2 Å². The lowest BCUT2D eigenvalue weighted by molar-refractivity contribution is -0.831. The van der Waals surface area contributed by atoms with Crippen molar-refractivity contribution in [1.82, 2.24) is 0 Å². The van der Waals surface area contributed by atoms with Crippen molar-refractivity contribution < 1.29 is 54.7 Å². The van der Waals surface area contributed by atoms with Crippen LogP contribution in [0.15, 0.2) is 0 Å². The van der Waals surface area contributed by atoms with Gasteiger partial charge in [0.2, 0.25) is 0 Å². The minimum Gasteiger partial charge on any atom is -0.394 e. The molecule has 21 nitrogen and oxygen atoms in total. The summed E-state index contributed by atoms with van der Waals surface area (Å²) in [6, 6.07) is 0. The van der Waals surface area contributed by atoms with Gasteiger partial charge in [0.1, 0.15) is 6.61 Å². The van der Waals surface area contributed by atoms with Crippen molar-refractivity contribution in [3.05, 3.63) is 50.6 Å². The number of aliphatic hydroxyl groups excluding tert-OH is 1. The Balaban J connectivity index is 5.96. The Bertz CT molecular complexity index is 568. The average Bonchev–Trinajstić information content (AvgIpc) is 2.51. The molecular weight excluding hydrogens is 398 g/mol. The molecule has 0 aliphatic heterocycles. The molecule has 0 rings (SSSR count). The monoisotopic (exact) mass is 407 g/mol. The number of hydrogen-bond acceptors (Lipinski definition) is 16. The molecule has 27 heavy (non-hydrogen) atoms. The zero-order valence-electron chi connectivity index (χ0n) is 12.5. The predicted molar refractivity (Wildman–Crippen MR) is 67.5 cm³/mol. The summed E-state index contributed by atoms with van der Waals surface area (Å²) in [5, 5.41) is 53.3. The van der Waals surface area contributed by atoms with E-state index in [1.807, 2.05) is 0 Å². The summed E-state index contributed by atoms with van der Waals surface area (Å²) >= 11 is 0. The van der Waals surface area contributed by atoms with E-state index in [-0.39, 0.29) is 0 Å². The average molecular weight is 407 g/mol. The van der Waals surface area contributed by atoms with Crippen molar-refractivity contribution >= 4 is 0 Å². The van der Waals surface area contributed by atoms with Gasteiger partial charge < -0.3 is 29.3 Å². The third-order valence-corrected chi connectivity index (χ3v) is 2.44. The molecule has 1 N–H and O–H groups in total. The molecule has 0 saturated heterocycles. The quantitative estimate of drug-likeness (QED) is 0.216. The Labute approximate surface area is 144 Å². The zero-order chi connectivity index (χ0) is 21.1. The lowest BCUT2D eigenvalue weighted by Gasteiger charge is -2.31. The molecule has 0 unspecified atom stereocenters. The van der Waals surface area contributed by atoms with Crippen LogP contribution in [0.4, 0.5) is 0 Å². The molecule has 0 saturated carbocycles. The van der Waals surface area contributed by atoms with Gasteiger partial charge in [-0.2, -0.15) is 0 Å². The van der Waals surface area contributed by atoms with E-state index in [1.165, 1.54) is 0 Å². The lowest BCUT2D eigenvalue weighted by atomic mass is 10.0. The molecule has 0 amide bonds. The molecule has 0 fully saturated rings. The van der Waals surface area contributed by atoms with Crippen LogP contribution in [-0.4, -0.2) is 68.2 Å². The van der Waals surface area contributed by atoms with Crippen LogP contribution in [0.3, 0.4) is 0 Å². The second-order valence-electron chi connectivity index (χ2n) is 4.02. The molecule has 0 aliphatic rings. The van der Waals surface area contributed by atoms with E-state index >= 15 is 0 Å². The fourth-order valence-corrected chi connectivity index (χ4v) is 1.62. The topological polar surface area (TPSA) is 282 Å². The first-order valence-corrected chi connectivity index (χ1v) is 6.10. The van der Waals surface area contributed by atoms with Crippen LogP contribution in [0, 0.1) is 50.6 Å². The maximum atomic E-state index is 10.6. The van der Waals surface area contributed by atoms with Gasteiger partial charge in [0.25, 0.3) is 25.4 Å². The molecule has 0 aromatic carbocycles. The highest BCUT2D eigenvalue weighted by atomic mass is 17.0. The van der Waals surface area contributed by atoms with E-state index < -0.39 is 63.1 Å². The highest BCUT2D eigenvalue weighted by Gasteiger charge is 2.44. The minimum atomic E-state index is -2.63. The van der Waals surface area contributed by atoms with Crippen LogP contribution in [-0.2, 0) is 24.2 Å². The number of hydrogen-bond donors (Lipinski definition) is 1. The number of rotatable bonds is 15. The Morgan fingerprint density at radius 1 is 0.630 bits per heavy atom. The molecule has 0 radical (unpaired) electrons. The summed E-state index contributed by atoms with van der Waals surface area (Å²) < 4.78 is 0. The largest absolute Gasteiger partial charge is 0.394 e. The third-order valence-electron chi connectivity index (χ3n) is 2.44. The van der Waals surface area contributed by atoms with E-state index in [9.17, 15) is 50.6 Å². The first-order valence-electron chi connectivity index (χ1n) is 6.10. The highest BCUT2D eigenvalue weighted by Crippen LogP contribution is 2.19. The summed E-state index contributed by atoms with van der Waals surface area (Å²) in [6.45, 7) is -2.89. The highest BCUT2D eigenvalue weighted by molar-refractivity contribution is 4.83. The SMILES string of the molecule is O=[N+]([O-])OC[C@H](O[N+](=O)[O-])[C@@H](O[N+](=O)[O-])[C@H](O[N+](=O)[O-])[C@@H](CO)O[N+](=O)[O-]. The Morgan fingerprint density at radius 3 is 1.33 bits per heavy atom. The Kier molecular flexibility index (Phi) is 9.14. The van der Waals surface area contributed by atoms with Crippen LogP contribution < -0.4 is 0 Å². The maximum Gasteiger partial charge on any atom is 0.294 e. The lowest BCUT2D eigenvalue weighted by Crippen LogP contribution is -2.54. The predicted octanol–water partition coefficient (Wildman–Crippen LogP) is -2.51. The molecule has 21 heteroatoms. The van der Waals surface area contributed by atoms with Gasteiger partial charge >= 0.3 is 0 Å². The van der Waals surface area contributed by atoms with E-state index in [0.717, 1.165) is 0 Å². The van der Waals surface area contributed by atoms with Gasteiger partial charge in [0.05, 0.1) is 6.61 Å². The van der Waals surface area contributed by atoms with E-state index in [1.54, 1.807) is 0 Å². The van der Waals surface area contributed by atoms with Crippen molar-refractivity contribution in [3.8, 4) is 0 Å². The molecule has 0 bridgehead atoms. The molecule has 0 aromatic rings. The summed E-state index contributed by atoms with van der Waals surface area (Å²) in [7, 11) is 0. The molecule has 0 heterocycles. The van der Waals surface area contributed by atoms with Gasteiger partial charge in [-0.25, -0.2) is 0 Å². The van der Waals surface area contributed by atoms with Crippen molar-refractivity contribution in [3.63, 3.8) is 0 Å². The standard InChI is InChI=1S/C6H9N5O16/c12-1-3(24-8(15)16)5(26-10(19)20)6(27-11(21)22)4(25-9(17)18)2-23-7(13)14/h3-6,12H,1-2H2/t3-,4+,5-,6-/m1/s1. The molecule has 4 atom stereocenters. The molecule has 0 aliphatic carbocycles.